The van der Waals surface area contributed by atoms with E-state index in [4.69, 9.17) is 5.73 Å². The van der Waals surface area contributed by atoms with Gasteiger partial charge in [0.15, 0.2) is 0 Å². The van der Waals surface area contributed by atoms with Crippen LogP contribution in [0.5, 0.6) is 0 Å². The molecule has 0 saturated carbocycles. The number of nitrogens with two attached hydrogens (primary N) is 1. The summed E-state index contributed by atoms with van der Waals surface area (Å²) in [7, 11) is 0. The summed E-state index contributed by atoms with van der Waals surface area (Å²) in [5, 5.41) is 9.44. The zero-order valence-electron chi connectivity index (χ0n) is 8.21. The third kappa shape index (κ3) is 3.46. The second-order valence-electron chi connectivity index (χ2n) is 3.45. The van der Waals surface area contributed by atoms with Gasteiger partial charge >= 0.3 is 6.18 Å². The van der Waals surface area contributed by atoms with E-state index in [1.807, 2.05) is 0 Å². The molecule has 0 unspecified atom stereocenters. The fraction of sp³-hybridized carbons (Fsp3) is 0.400. The first-order chi connectivity index (χ1) is 7.30. The lowest BCUT2D eigenvalue weighted by atomic mass is 10.0. The number of aliphatic hydroxyl groups excluding tert-OH is 1. The van der Waals surface area contributed by atoms with Gasteiger partial charge in [-0.3, -0.25) is 0 Å². The highest BCUT2D eigenvalue weighted by molar-refractivity contribution is 5.18. The highest BCUT2D eigenvalue weighted by Gasteiger charge is 2.37. The number of benzene rings is 1. The molecule has 2 nitrogen and oxygen atoms in total. The van der Waals surface area contributed by atoms with Crippen LogP contribution in [0.4, 0.5) is 17.6 Å². The summed E-state index contributed by atoms with van der Waals surface area (Å²) in [5.41, 5.74) is 5.07. The van der Waals surface area contributed by atoms with Gasteiger partial charge in [-0.25, -0.2) is 4.39 Å². The van der Waals surface area contributed by atoms with E-state index in [1.54, 1.807) is 0 Å². The molecule has 6 heteroatoms. The van der Waals surface area contributed by atoms with Crippen LogP contribution in [0.3, 0.4) is 0 Å². The maximum atomic E-state index is 12.5. The maximum absolute atomic E-state index is 12.5. The molecular weight excluding hydrogens is 226 g/mol. The number of rotatable bonds is 3. The molecule has 0 amide bonds. The summed E-state index contributed by atoms with van der Waals surface area (Å²) in [4.78, 5) is 0. The minimum absolute atomic E-state index is 0.209. The van der Waals surface area contributed by atoms with Gasteiger partial charge in [0.25, 0.3) is 0 Å². The van der Waals surface area contributed by atoms with Gasteiger partial charge in [0.2, 0.25) is 0 Å². The molecule has 0 bridgehead atoms. The van der Waals surface area contributed by atoms with Crippen LogP contribution < -0.4 is 5.73 Å². The van der Waals surface area contributed by atoms with Crippen LogP contribution in [0.15, 0.2) is 24.3 Å². The molecule has 0 saturated heterocycles. The Morgan fingerprint density at radius 1 is 1.19 bits per heavy atom. The Kier molecular flexibility index (Phi) is 3.88. The van der Waals surface area contributed by atoms with Crippen molar-refractivity contribution in [3.05, 3.63) is 35.6 Å². The van der Waals surface area contributed by atoms with Crippen LogP contribution in [0.25, 0.3) is 0 Å². The molecule has 0 spiro atoms. The Morgan fingerprint density at radius 2 is 1.69 bits per heavy atom. The molecule has 0 aliphatic rings. The molecule has 2 atom stereocenters. The second kappa shape index (κ2) is 4.80. The van der Waals surface area contributed by atoms with Gasteiger partial charge in [-0.05, 0) is 17.7 Å². The molecule has 0 heterocycles. The van der Waals surface area contributed by atoms with Crippen LogP contribution >= 0.6 is 0 Å². The Morgan fingerprint density at radius 3 is 2.12 bits per heavy atom. The lowest BCUT2D eigenvalue weighted by molar-refractivity contribution is -0.153. The van der Waals surface area contributed by atoms with E-state index in [2.05, 4.69) is 0 Å². The molecule has 16 heavy (non-hydrogen) atoms. The molecule has 0 aromatic heterocycles. The van der Waals surface area contributed by atoms with Crippen LogP contribution in [0, 0.1) is 5.82 Å². The first-order valence-electron chi connectivity index (χ1n) is 4.56. The first kappa shape index (κ1) is 12.9. The zero-order chi connectivity index (χ0) is 12.3. The van der Waals surface area contributed by atoms with Crippen LogP contribution in [0.2, 0.25) is 0 Å². The largest absolute Gasteiger partial charge is 0.403 e. The normalized spacial score (nSPS) is 15.9. The fourth-order valence-corrected chi connectivity index (χ4v) is 1.20. The van der Waals surface area contributed by atoms with Gasteiger partial charge in [0.1, 0.15) is 11.9 Å². The van der Waals surface area contributed by atoms with E-state index < -0.39 is 30.6 Å². The summed E-state index contributed by atoms with van der Waals surface area (Å²) in [6.45, 7) is 0. The van der Waals surface area contributed by atoms with E-state index in [-0.39, 0.29) is 5.56 Å². The Hall–Kier alpha value is -1.14. The number of aliphatic hydroxyl groups is 1. The van der Waals surface area contributed by atoms with Crippen molar-refractivity contribution in [1.82, 2.24) is 0 Å². The van der Waals surface area contributed by atoms with Crippen molar-refractivity contribution in [1.29, 1.82) is 0 Å². The fourth-order valence-electron chi connectivity index (χ4n) is 1.20. The van der Waals surface area contributed by atoms with Crippen molar-refractivity contribution in [3.8, 4) is 0 Å². The molecular formula is C10H11F4NO. The first-order valence-corrected chi connectivity index (χ1v) is 4.56. The van der Waals surface area contributed by atoms with Crippen LogP contribution in [-0.4, -0.2) is 17.3 Å². The molecule has 1 aromatic rings. The SMILES string of the molecule is N[C@H](C[C@@H](O)c1ccc(F)cc1)C(F)(F)F. The Labute approximate surface area is 89.7 Å². The third-order valence-electron chi connectivity index (χ3n) is 2.15. The van der Waals surface area contributed by atoms with Crippen molar-refractivity contribution in [3.63, 3.8) is 0 Å². The predicted octanol–water partition coefficient (Wildman–Crippen LogP) is 2.14. The zero-order valence-corrected chi connectivity index (χ0v) is 8.21. The third-order valence-corrected chi connectivity index (χ3v) is 2.15. The maximum Gasteiger partial charge on any atom is 0.403 e. The molecule has 0 fully saturated rings. The molecule has 1 aromatic carbocycles. The molecule has 0 aliphatic heterocycles. The van der Waals surface area contributed by atoms with E-state index in [9.17, 15) is 22.7 Å². The number of halogens is 4. The van der Waals surface area contributed by atoms with Crippen LogP contribution in [0.1, 0.15) is 18.1 Å². The van der Waals surface area contributed by atoms with Gasteiger partial charge in [-0.1, -0.05) is 12.1 Å². The van der Waals surface area contributed by atoms with Gasteiger partial charge in [0, 0.05) is 6.42 Å². The quantitative estimate of drug-likeness (QED) is 0.791. The molecule has 3 N–H and O–H groups in total. The van der Waals surface area contributed by atoms with Crippen molar-refractivity contribution in [2.45, 2.75) is 24.7 Å². The molecule has 90 valence electrons. The minimum Gasteiger partial charge on any atom is -0.388 e. The molecule has 1 rings (SSSR count). The van der Waals surface area contributed by atoms with Gasteiger partial charge in [-0.15, -0.1) is 0 Å². The van der Waals surface area contributed by atoms with E-state index in [1.165, 1.54) is 12.1 Å². The minimum atomic E-state index is -4.54. The number of hydrogen-bond donors (Lipinski definition) is 2. The monoisotopic (exact) mass is 237 g/mol. The summed E-state index contributed by atoms with van der Waals surface area (Å²) < 4.78 is 48.8. The lowest BCUT2D eigenvalue weighted by Crippen LogP contribution is -2.38. The average molecular weight is 237 g/mol. The van der Waals surface area contributed by atoms with Crippen molar-refractivity contribution in [2.75, 3.05) is 0 Å². The highest BCUT2D eigenvalue weighted by atomic mass is 19.4. The topological polar surface area (TPSA) is 46.2 Å². The average Bonchev–Trinajstić information content (AvgIpc) is 2.17. The lowest BCUT2D eigenvalue weighted by Gasteiger charge is -2.19. The van der Waals surface area contributed by atoms with Gasteiger partial charge in [-0.2, -0.15) is 13.2 Å². The van der Waals surface area contributed by atoms with E-state index in [0.29, 0.717) is 0 Å². The molecule has 0 radical (unpaired) electrons. The Bertz CT molecular complexity index is 336. The summed E-state index contributed by atoms with van der Waals surface area (Å²) in [6, 6.07) is 2.49. The van der Waals surface area contributed by atoms with Gasteiger partial charge in [0.05, 0.1) is 6.10 Å². The molecule has 0 aliphatic carbocycles. The van der Waals surface area contributed by atoms with Crippen molar-refractivity contribution in [2.24, 2.45) is 5.73 Å². The highest BCUT2D eigenvalue weighted by Crippen LogP contribution is 2.26. The van der Waals surface area contributed by atoms with E-state index in [0.717, 1.165) is 12.1 Å². The van der Waals surface area contributed by atoms with Crippen molar-refractivity contribution >= 4 is 0 Å². The summed E-state index contributed by atoms with van der Waals surface area (Å²) in [5.74, 6) is -0.518. The standard InChI is InChI=1S/C10H11F4NO/c11-7-3-1-6(2-4-7)8(16)5-9(15)10(12,13)14/h1-4,8-9,16H,5,15H2/t8-,9-/m1/s1. The predicted molar refractivity (Wildman–Crippen MR) is 50.0 cm³/mol. The smallest absolute Gasteiger partial charge is 0.388 e. The van der Waals surface area contributed by atoms with Crippen LogP contribution in [-0.2, 0) is 0 Å². The van der Waals surface area contributed by atoms with E-state index >= 15 is 0 Å². The number of hydrogen-bond acceptors (Lipinski definition) is 2. The number of alkyl halides is 3. The van der Waals surface area contributed by atoms with Gasteiger partial charge < -0.3 is 10.8 Å². The Balaban J connectivity index is 2.65. The van der Waals surface area contributed by atoms with Crippen molar-refractivity contribution < 1.29 is 22.7 Å². The second-order valence-corrected chi connectivity index (χ2v) is 3.45. The summed E-state index contributed by atoms with van der Waals surface area (Å²) in [6.07, 6.45) is -6.53. The summed E-state index contributed by atoms with van der Waals surface area (Å²) >= 11 is 0.